The lowest BCUT2D eigenvalue weighted by Gasteiger charge is -2.19. The molecule has 0 aliphatic carbocycles. The van der Waals surface area contributed by atoms with Gasteiger partial charge in [-0.15, -0.1) is 0 Å². The Morgan fingerprint density at radius 1 is 1.50 bits per heavy atom. The molecular weight excluding hydrogens is 250 g/mol. The van der Waals surface area contributed by atoms with Crippen molar-refractivity contribution in [2.24, 2.45) is 22.7 Å². The van der Waals surface area contributed by atoms with Gasteiger partial charge in [-0.1, -0.05) is 31.1 Å². The smallest absolute Gasteiger partial charge is 0.170 e. The summed E-state index contributed by atoms with van der Waals surface area (Å²) in [4.78, 5) is 2.52. The van der Waals surface area contributed by atoms with Crippen LogP contribution in [0.3, 0.4) is 0 Å². The fraction of sp³-hybridized carbons (Fsp3) is 0.562. The van der Waals surface area contributed by atoms with Crippen molar-refractivity contribution in [2.45, 2.75) is 33.7 Å². The van der Waals surface area contributed by atoms with Crippen LogP contribution in [0.15, 0.2) is 23.4 Å². The largest absolute Gasteiger partial charge is 0.409 e. The van der Waals surface area contributed by atoms with Crippen molar-refractivity contribution in [2.75, 3.05) is 13.1 Å². The average molecular weight is 275 g/mol. The quantitative estimate of drug-likeness (QED) is 0.384. The molecular formula is C16H25N3O. The minimum atomic E-state index is 0.167. The summed E-state index contributed by atoms with van der Waals surface area (Å²) in [6.45, 7) is 10.1. The van der Waals surface area contributed by atoms with Crippen LogP contribution < -0.4 is 5.73 Å². The third kappa shape index (κ3) is 3.31. The third-order valence-corrected chi connectivity index (χ3v) is 4.39. The summed E-state index contributed by atoms with van der Waals surface area (Å²) in [5, 5.41) is 11.8. The molecule has 1 aromatic rings. The maximum absolute atomic E-state index is 8.71. The van der Waals surface area contributed by atoms with Crippen molar-refractivity contribution < 1.29 is 5.21 Å². The lowest BCUT2D eigenvalue weighted by atomic mass is 9.95. The fourth-order valence-corrected chi connectivity index (χ4v) is 2.88. The van der Waals surface area contributed by atoms with Crippen molar-refractivity contribution in [3.8, 4) is 0 Å². The number of hydrogen-bond acceptors (Lipinski definition) is 3. The first-order chi connectivity index (χ1) is 9.51. The van der Waals surface area contributed by atoms with Gasteiger partial charge in [0.1, 0.15) is 0 Å². The number of rotatable bonds is 4. The van der Waals surface area contributed by atoms with E-state index in [0.29, 0.717) is 0 Å². The van der Waals surface area contributed by atoms with Gasteiger partial charge in [-0.3, -0.25) is 4.90 Å². The second kappa shape index (κ2) is 6.27. The molecule has 4 nitrogen and oxygen atoms in total. The predicted molar refractivity (Wildman–Crippen MR) is 81.9 cm³/mol. The zero-order chi connectivity index (χ0) is 14.7. The van der Waals surface area contributed by atoms with Crippen molar-refractivity contribution in [3.63, 3.8) is 0 Å². The van der Waals surface area contributed by atoms with E-state index < -0.39 is 0 Å². The Bertz CT molecular complexity index is 496. The SMILES string of the molecule is Cc1cc(/C(N)=N/O)ccc1CN1CCC(C(C)C)C1. The molecule has 0 aromatic heterocycles. The highest BCUT2D eigenvalue weighted by Crippen LogP contribution is 2.25. The molecule has 20 heavy (non-hydrogen) atoms. The molecule has 1 saturated heterocycles. The summed E-state index contributed by atoms with van der Waals surface area (Å²) in [6, 6.07) is 6.00. The van der Waals surface area contributed by atoms with Crippen LogP contribution in [0, 0.1) is 18.8 Å². The highest BCUT2D eigenvalue weighted by atomic mass is 16.4. The zero-order valence-electron chi connectivity index (χ0n) is 12.6. The summed E-state index contributed by atoms with van der Waals surface area (Å²) in [5.74, 6) is 1.76. The standard InChI is InChI=1S/C16H25N3O/c1-11(2)14-6-7-19(9-14)10-15-5-4-13(8-12(15)3)16(17)18-20/h4-5,8,11,14,20H,6-7,9-10H2,1-3H3,(H2,17,18). The summed E-state index contributed by atoms with van der Waals surface area (Å²) in [6.07, 6.45) is 1.30. The number of nitrogens with zero attached hydrogens (tertiary/aromatic N) is 2. The van der Waals surface area contributed by atoms with Gasteiger partial charge in [-0.2, -0.15) is 0 Å². The molecule has 1 fully saturated rings. The van der Waals surface area contributed by atoms with Crippen molar-refractivity contribution in [1.82, 2.24) is 4.90 Å². The molecule has 0 bridgehead atoms. The second-order valence-corrected chi connectivity index (χ2v) is 6.15. The first-order valence-electron chi connectivity index (χ1n) is 7.31. The topological polar surface area (TPSA) is 61.9 Å². The normalized spacial score (nSPS) is 20.8. The molecule has 4 heteroatoms. The minimum Gasteiger partial charge on any atom is -0.409 e. The van der Waals surface area contributed by atoms with Crippen LogP contribution in [0.25, 0.3) is 0 Å². The Hall–Kier alpha value is -1.55. The van der Waals surface area contributed by atoms with Crippen LogP contribution in [-0.4, -0.2) is 29.0 Å². The number of benzene rings is 1. The Morgan fingerprint density at radius 2 is 2.25 bits per heavy atom. The summed E-state index contributed by atoms with van der Waals surface area (Å²) in [5.41, 5.74) is 8.91. The maximum atomic E-state index is 8.71. The zero-order valence-corrected chi connectivity index (χ0v) is 12.6. The van der Waals surface area contributed by atoms with Gasteiger partial charge in [0, 0.05) is 18.7 Å². The summed E-state index contributed by atoms with van der Waals surface area (Å²) >= 11 is 0. The van der Waals surface area contributed by atoms with E-state index in [9.17, 15) is 0 Å². The molecule has 1 atom stereocenters. The minimum absolute atomic E-state index is 0.167. The molecule has 0 amide bonds. The monoisotopic (exact) mass is 275 g/mol. The van der Waals surface area contributed by atoms with E-state index in [0.717, 1.165) is 23.9 Å². The Balaban J connectivity index is 2.04. The lowest BCUT2D eigenvalue weighted by Crippen LogP contribution is -2.22. The number of oxime groups is 1. The van der Waals surface area contributed by atoms with E-state index in [1.54, 1.807) is 0 Å². The molecule has 1 unspecified atom stereocenters. The molecule has 1 aliphatic heterocycles. The van der Waals surface area contributed by atoms with Crippen molar-refractivity contribution >= 4 is 5.84 Å². The van der Waals surface area contributed by atoms with E-state index >= 15 is 0 Å². The van der Waals surface area contributed by atoms with Gasteiger partial charge >= 0.3 is 0 Å². The Labute approximate surface area is 121 Å². The Morgan fingerprint density at radius 3 is 2.80 bits per heavy atom. The maximum Gasteiger partial charge on any atom is 0.170 e. The number of amidine groups is 1. The summed E-state index contributed by atoms with van der Waals surface area (Å²) in [7, 11) is 0. The van der Waals surface area contributed by atoms with Gasteiger partial charge < -0.3 is 10.9 Å². The van der Waals surface area contributed by atoms with Gasteiger partial charge in [-0.05, 0) is 48.9 Å². The van der Waals surface area contributed by atoms with Crippen molar-refractivity contribution in [1.29, 1.82) is 0 Å². The van der Waals surface area contributed by atoms with E-state index in [4.69, 9.17) is 10.9 Å². The van der Waals surface area contributed by atoms with Crippen LogP contribution in [-0.2, 0) is 6.54 Å². The van der Waals surface area contributed by atoms with Crippen molar-refractivity contribution in [3.05, 3.63) is 34.9 Å². The van der Waals surface area contributed by atoms with E-state index in [1.165, 1.54) is 30.6 Å². The first-order valence-corrected chi connectivity index (χ1v) is 7.31. The number of hydrogen-bond donors (Lipinski definition) is 2. The Kier molecular flexibility index (Phi) is 4.65. The van der Waals surface area contributed by atoms with Gasteiger partial charge in [-0.25, -0.2) is 0 Å². The second-order valence-electron chi connectivity index (χ2n) is 6.15. The third-order valence-electron chi connectivity index (χ3n) is 4.39. The van der Waals surface area contributed by atoms with Crippen LogP contribution in [0.5, 0.6) is 0 Å². The molecule has 0 spiro atoms. The molecule has 0 saturated carbocycles. The molecule has 110 valence electrons. The van der Waals surface area contributed by atoms with Gasteiger partial charge in [0.15, 0.2) is 5.84 Å². The molecule has 1 aromatic carbocycles. The van der Waals surface area contributed by atoms with E-state index in [-0.39, 0.29) is 5.84 Å². The molecule has 1 heterocycles. The number of aryl methyl sites for hydroxylation is 1. The van der Waals surface area contributed by atoms with E-state index in [1.807, 2.05) is 12.1 Å². The average Bonchev–Trinajstić information content (AvgIpc) is 2.89. The van der Waals surface area contributed by atoms with Gasteiger partial charge in [0.2, 0.25) is 0 Å². The number of likely N-dealkylation sites (tertiary alicyclic amines) is 1. The molecule has 0 radical (unpaired) electrons. The van der Waals surface area contributed by atoms with Crippen LogP contribution in [0.4, 0.5) is 0 Å². The fourth-order valence-electron chi connectivity index (χ4n) is 2.88. The predicted octanol–water partition coefficient (Wildman–Crippen LogP) is 2.57. The van der Waals surface area contributed by atoms with Gasteiger partial charge in [0.25, 0.3) is 0 Å². The highest BCUT2D eigenvalue weighted by Gasteiger charge is 2.24. The molecule has 1 aliphatic rings. The van der Waals surface area contributed by atoms with Crippen LogP contribution in [0.2, 0.25) is 0 Å². The van der Waals surface area contributed by atoms with Crippen LogP contribution in [0.1, 0.15) is 37.0 Å². The highest BCUT2D eigenvalue weighted by molar-refractivity contribution is 5.97. The van der Waals surface area contributed by atoms with Gasteiger partial charge in [0.05, 0.1) is 0 Å². The first kappa shape index (κ1) is 14.9. The molecule has 2 rings (SSSR count). The lowest BCUT2D eigenvalue weighted by molar-refractivity contribution is 0.296. The summed E-state index contributed by atoms with van der Waals surface area (Å²) < 4.78 is 0. The number of nitrogens with two attached hydrogens (primary N) is 1. The van der Waals surface area contributed by atoms with Crippen LogP contribution >= 0.6 is 0 Å². The molecule has 3 N–H and O–H groups in total. The van der Waals surface area contributed by atoms with E-state index in [2.05, 4.69) is 36.9 Å².